The van der Waals surface area contributed by atoms with Gasteiger partial charge in [0.1, 0.15) is 5.69 Å². The lowest BCUT2D eigenvalue weighted by molar-refractivity contribution is 0.101. The number of aryl methyl sites for hydroxylation is 2. The van der Waals surface area contributed by atoms with Crippen LogP contribution in [0.25, 0.3) is 0 Å². The van der Waals surface area contributed by atoms with Gasteiger partial charge >= 0.3 is 0 Å². The third kappa shape index (κ3) is 2.29. The number of hydrogen-bond donors (Lipinski definition) is 2. The number of anilines is 2. The second kappa shape index (κ2) is 5.04. The minimum absolute atomic E-state index is 0.0654. The monoisotopic (exact) mass is 269 g/mol. The fraction of sp³-hybridized carbons (Fsp3) is 0.312. The molecule has 0 radical (unpaired) electrons. The number of amides is 1. The van der Waals surface area contributed by atoms with Crippen molar-refractivity contribution in [3.63, 3.8) is 0 Å². The number of rotatable bonds is 2. The van der Waals surface area contributed by atoms with Crippen molar-refractivity contribution in [3.05, 3.63) is 47.3 Å². The molecule has 0 fully saturated rings. The number of hydrogen-bond acceptors (Lipinski definition) is 2. The van der Waals surface area contributed by atoms with Gasteiger partial charge in [0.25, 0.3) is 5.91 Å². The maximum Gasteiger partial charge on any atom is 0.272 e. The summed E-state index contributed by atoms with van der Waals surface area (Å²) in [6, 6.07) is 9.86. The van der Waals surface area contributed by atoms with Crippen molar-refractivity contribution in [2.75, 3.05) is 17.2 Å². The minimum atomic E-state index is -0.0654. The zero-order chi connectivity index (χ0) is 14.1. The van der Waals surface area contributed by atoms with E-state index in [0.29, 0.717) is 5.69 Å². The Kier molecular flexibility index (Phi) is 3.22. The normalized spacial score (nSPS) is 13.5. The topological polar surface area (TPSA) is 46.1 Å². The minimum Gasteiger partial charge on any atom is -0.385 e. The number of fused-ring (bicyclic) bond motifs is 1. The fourth-order valence-corrected chi connectivity index (χ4v) is 2.59. The van der Waals surface area contributed by atoms with E-state index < -0.39 is 0 Å². The molecule has 1 aromatic heterocycles. The van der Waals surface area contributed by atoms with Crippen LogP contribution in [0.15, 0.2) is 30.3 Å². The molecule has 0 aliphatic carbocycles. The smallest absolute Gasteiger partial charge is 0.272 e. The Bertz CT molecular complexity index is 658. The van der Waals surface area contributed by atoms with Crippen molar-refractivity contribution in [2.45, 2.75) is 19.8 Å². The highest BCUT2D eigenvalue weighted by molar-refractivity contribution is 6.03. The Morgan fingerprint density at radius 3 is 2.90 bits per heavy atom. The van der Waals surface area contributed by atoms with Crippen molar-refractivity contribution >= 4 is 17.3 Å². The summed E-state index contributed by atoms with van der Waals surface area (Å²) < 4.78 is 1.90. The first kappa shape index (κ1) is 12.8. The van der Waals surface area contributed by atoms with Crippen LogP contribution >= 0.6 is 0 Å². The van der Waals surface area contributed by atoms with E-state index in [9.17, 15) is 4.79 Å². The molecule has 1 aliphatic heterocycles. The third-order valence-electron chi connectivity index (χ3n) is 3.91. The van der Waals surface area contributed by atoms with Gasteiger partial charge in [0.15, 0.2) is 0 Å². The molecular weight excluding hydrogens is 250 g/mol. The van der Waals surface area contributed by atoms with Crippen molar-refractivity contribution in [1.82, 2.24) is 4.57 Å². The standard InChI is InChI=1S/C16H19N3O/c1-11-5-8-15(19(11)2)16(20)18-13-6-7-14-12(10-13)4-3-9-17-14/h5-8,10,17H,3-4,9H2,1-2H3,(H,18,20). The van der Waals surface area contributed by atoms with E-state index in [1.54, 1.807) is 0 Å². The van der Waals surface area contributed by atoms with E-state index >= 15 is 0 Å². The van der Waals surface area contributed by atoms with E-state index in [2.05, 4.69) is 16.7 Å². The van der Waals surface area contributed by atoms with Crippen LogP contribution in [0.3, 0.4) is 0 Å². The van der Waals surface area contributed by atoms with Gasteiger partial charge < -0.3 is 15.2 Å². The average molecular weight is 269 g/mol. The average Bonchev–Trinajstić information content (AvgIpc) is 2.79. The van der Waals surface area contributed by atoms with E-state index in [1.165, 1.54) is 11.3 Å². The lowest BCUT2D eigenvalue weighted by Crippen LogP contribution is -2.17. The van der Waals surface area contributed by atoms with Gasteiger partial charge in [-0.1, -0.05) is 0 Å². The summed E-state index contributed by atoms with van der Waals surface area (Å²) in [6.45, 7) is 3.02. The molecule has 3 rings (SSSR count). The number of nitrogens with one attached hydrogen (secondary N) is 2. The Labute approximate surface area is 118 Å². The Morgan fingerprint density at radius 2 is 2.15 bits per heavy atom. The van der Waals surface area contributed by atoms with Gasteiger partial charge in [-0.05, 0) is 55.7 Å². The molecule has 2 aromatic rings. The van der Waals surface area contributed by atoms with Crippen LogP contribution in [-0.4, -0.2) is 17.0 Å². The maximum atomic E-state index is 12.3. The summed E-state index contributed by atoms with van der Waals surface area (Å²) in [7, 11) is 1.90. The van der Waals surface area contributed by atoms with E-state index in [4.69, 9.17) is 0 Å². The summed E-state index contributed by atoms with van der Waals surface area (Å²) in [6.07, 6.45) is 2.21. The number of benzene rings is 1. The largest absolute Gasteiger partial charge is 0.385 e. The highest BCUT2D eigenvalue weighted by Crippen LogP contribution is 2.25. The van der Waals surface area contributed by atoms with Gasteiger partial charge in [-0.15, -0.1) is 0 Å². The van der Waals surface area contributed by atoms with Crippen molar-refractivity contribution in [1.29, 1.82) is 0 Å². The van der Waals surface area contributed by atoms with E-state index in [0.717, 1.165) is 30.8 Å². The van der Waals surface area contributed by atoms with Crippen LogP contribution in [0, 0.1) is 6.92 Å². The number of carbonyl (C=O) groups is 1. The van der Waals surface area contributed by atoms with Gasteiger partial charge in [-0.2, -0.15) is 0 Å². The van der Waals surface area contributed by atoms with E-state index in [1.807, 2.05) is 42.8 Å². The Morgan fingerprint density at radius 1 is 1.30 bits per heavy atom. The molecule has 4 heteroatoms. The number of nitrogens with zero attached hydrogens (tertiary/aromatic N) is 1. The van der Waals surface area contributed by atoms with Crippen molar-refractivity contribution in [2.24, 2.45) is 7.05 Å². The SMILES string of the molecule is Cc1ccc(C(=O)Nc2ccc3c(c2)CCCN3)n1C. The number of carbonyl (C=O) groups excluding carboxylic acids is 1. The zero-order valence-corrected chi connectivity index (χ0v) is 11.9. The molecule has 20 heavy (non-hydrogen) atoms. The summed E-state index contributed by atoms with van der Waals surface area (Å²) in [5.74, 6) is -0.0654. The first-order valence-corrected chi connectivity index (χ1v) is 6.95. The van der Waals surface area contributed by atoms with Crippen molar-refractivity contribution in [3.8, 4) is 0 Å². The first-order chi connectivity index (χ1) is 9.65. The fourth-order valence-electron chi connectivity index (χ4n) is 2.59. The molecule has 2 heterocycles. The van der Waals surface area contributed by atoms with Gasteiger partial charge in [0.05, 0.1) is 0 Å². The molecule has 104 valence electrons. The van der Waals surface area contributed by atoms with Crippen molar-refractivity contribution < 1.29 is 4.79 Å². The highest BCUT2D eigenvalue weighted by Gasteiger charge is 2.13. The molecule has 1 aliphatic rings. The lowest BCUT2D eigenvalue weighted by Gasteiger charge is -2.18. The van der Waals surface area contributed by atoms with Gasteiger partial charge in [0.2, 0.25) is 0 Å². The molecule has 2 N–H and O–H groups in total. The summed E-state index contributed by atoms with van der Waals surface area (Å²) in [5, 5.41) is 6.35. The molecule has 0 bridgehead atoms. The van der Waals surface area contributed by atoms with Gasteiger partial charge in [-0.25, -0.2) is 0 Å². The summed E-state index contributed by atoms with van der Waals surface area (Å²) in [5.41, 5.74) is 5.07. The van der Waals surface area contributed by atoms with Crippen LogP contribution < -0.4 is 10.6 Å². The van der Waals surface area contributed by atoms with Gasteiger partial charge in [-0.3, -0.25) is 4.79 Å². The molecule has 0 saturated heterocycles. The molecule has 0 spiro atoms. The second-order valence-corrected chi connectivity index (χ2v) is 5.28. The van der Waals surface area contributed by atoms with Gasteiger partial charge in [0, 0.05) is 30.7 Å². The molecule has 0 atom stereocenters. The number of aromatic nitrogens is 1. The Hall–Kier alpha value is -2.23. The predicted molar refractivity (Wildman–Crippen MR) is 81.4 cm³/mol. The molecular formula is C16H19N3O. The Balaban J connectivity index is 1.81. The zero-order valence-electron chi connectivity index (χ0n) is 11.9. The lowest BCUT2D eigenvalue weighted by atomic mass is 10.0. The van der Waals surface area contributed by atoms with Crippen LogP contribution in [0.2, 0.25) is 0 Å². The quantitative estimate of drug-likeness (QED) is 0.880. The molecule has 0 saturated carbocycles. The second-order valence-electron chi connectivity index (χ2n) is 5.28. The predicted octanol–water partition coefficient (Wildman–Crippen LogP) is 2.94. The third-order valence-corrected chi connectivity index (χ3v) is 3.91. The van der Waals surface area contributed by atoms with Crippen LogP contribution in [0.4, 0.5) is 11.4 Å². The summed E-state index contributed by atoms with van der Waals surface area (Å²) in [4.78, 5) is 12.3. The van der Waals surface area contributed by atoms with Crippen LogP contribution in [0.1, 0.15) is 28.2 Å². The first-order valence-electron chi connectivity index (χ1n) is 6.95. The molecule has 1 aromatic carbocycles. The van der Waals surface area contributed by atoms with Crippen LogP contribution in [-0.2, 0) is 13.5 Å². The maximum absolute atomic E-state index is 12.3. The van der Waals surface area contributed by atoms with E-state index in [-0.39, 0.29) is 5.91 Å². The molecule has 4 nitrogen and oxygen atoms in total. The summed E-state index contributed by atoms with van der Waals surface area (Å²) >= 11 is 0. The van der Waals surface area contributed by atoms with Crippen LogP contribution in [0.5, 0.6) is 0 Å². The molecule has 0 unspecified atom stereocenters. The molecule has 1 amide bonds. The highest BCUT2D eigenvalue weighted by atomic mass is 16.1.